The summed E-state index contributed by atoms with van der Waals surface area (Å²) in [5, 5.41) is 23.5. The number of fused-ring (bicyclic) bond motifs is 4. The van der Waals surface area contributed by atoms with Crippen molar-refractivity contribution in [2.24, 2.45) is 11.8 Å². The van der Waals surface area contributed by atoms with Gasteiger partial charge >= 0.3 is 24.5 Å². The lowest BCUT2D eigenvalue weighted by Gasteiger charge is -2.46. The molecule has 0 spiro atoms. The Morgan fingerprint density at radius 2 is 0.845 bits per heavy atom. The fourth-order valence-electron chi connectivity index (χ4n) is 10.6. The van der Waals surface area contributed by atoms with Crippen molar-refractivity contribution >= 4 is 92.3 Å². The number of aromatic nitrogens is 2. The normalized spacial score (nSPS) is 20.7. The first-order valence-electron chi connectivity index (χ1n) is 25.9. The Labute approximate surface area is 496 Å². The molecule has 84 heavy (non-hydrogen) atoms. The van der Waals surface area contributed by atoms with Crippen LogP contribution in [0.25, 0.3) is 21.8 Å². The van der Waals surface area contributed by atoms with Gasteiger partial charge in [0.2, 0.25) is 0 Å². The lowest BCUT2D eigenvalue weighted by atomic mass is 9.74. The molecule has 8 aromatic rings. The number of thioether (sulfide) groups is 2. The molecule has 0 saturated heterocycles. The zero-order chi connectivity index (χ0) is 61.2. The summed E-state index contributed by atoms with van der Waals surface area (Å²) in [6.07, 6.45) is -13.6. The Bertz CT molecular complexity index is 3610. The standard InChI is InChI=1S/2C31H27ClF3NO5S/c2*1-29(2,3)41-28(39)36-16-22(21-15-18(32)11-14-23(21)36)30(31(33,34)35)25(26(37)17-9-12-19(40-4)13-10-17)27(38)20-7-5-6-8-24(20)42-30/h2*5-16,25,27,38H,1-4H3/t2*25-,27+,30-/m11/s1. The number of benzene rings is 6. The number of halogens is 8. The third kappa shape index (κ3) is 11.3. The first-order valence-corrected chi connectivity index (χ1v) is 28.3. The van der Waals surface area contributed by atoms with Gasteiger partial charge in [-0.15, -0.1) is 23.5 Å². The quantitative estimate of drug-likeness (QED) is 0.110. The van der Waals surface area contributed by atoms with Crippen LogP contribution in [0.5, 0.6) is 11.5 Å². The first kappa shape index (κ1) is 61.6. The molecule has 4 heterocycles. The number of aliphatic hydroxyl groups excluding tert-OH is 2. The van der Waals surface area contributed by atoms with Crippen LogP contribution in [0.2, 0.25) is 10.0 Å². The summed E-state index contributed by atoms with van der Waals surface area (Å²) in [6, 6.07) is 32.0. The second-order valence-electron chi connectivity index (χ2n) is 21.9. The fraction of sp³-hybridized carbons (Fsp3) is 0.290. The highest BCUT2D eigenvalue weighted by molar-refractivity contribution is 8.00. The summed E-state index contributed by atoms with van der Waals surface area (Å²) >= 11 is 13.4. The van der Waals surface area contributed by atoms with Gasteiger partial charge < -0.3 is 29.2 Å². The molecular formula is C62H54Cl2F6N2O10S2. The summed E-state index contributed by atoms with van der Waals surface area (Å²) in [4.78, 5) is 55.1. The van der Waals surface area contributed by atoms with E-state index in [1.54, 1.807) is 65.8 Å². The number of aliphatic hydroxyl groups is 2. The maximum absolute atomic E-state index is 15.8. The number of hydrogen-bond acceptors (Lipinski definition) is 12. The molecule has 12 nitrogen and oxygen atoms in total. The molecule has 2 aromatic heterocycles. The second-order valence-corrected chi connectivity index (χ2v) is 25.3. The number of carbonyl (C=O) groups is 4. The Balaban J connectivity index is 0.000000202. The number of Topliss-reactive ketones (excluding diaryl/α,β-unsaturated/α-hetero) is 2. The zero-order valence-corrected chi connectivity index (χ0v) is 49.2. The van der Waals surface area contributed by atoms with Gasteiger partial charge in [0.1, 0.15) is 22.7 Å². The van der Waals surface area contributed by atoms with Crippen molar-refractivity contribution in [3.05, 3.63) is 189 Å². The Morgan fingerprint density at radius 1 is 0.512 bits per heavy atom. The molecule has 0 aliphatic carbocycles. The highest BCUT2D eigenvalue weighted by Gasteiger charge is 2.69. The summed E-state index contributed by atoms with van der Waals surface area (Å²) in [7, 11) is 2.85. The van der Waals surface area contributed by atoms with Gasteiger partial charge in [0.05, 0.1) is 49.3 Å². The maximum atomic E-state index is 15.8. The van der Waals surface area contributed by atoms with Crippen LogP contribution in [0.3, 0.4) is 0 Å². The molecule has 0 amide bonds. The van der Waals surface area contributed by atoms with Gasteiger partial charge in [-0.1, -0.05) is 59.6 Å². The van der Waals surface area contributed by atoms with Crippen molar-refractivity contribution in [1.82, 2.24) is 9.13 Å². The van der Waals surface area contributed by atoms with E-state index in [4.69, 9.17) is 42.1 Å². The molecule has 6 atom stereocenters. The topological polar surface area (TPSA) is 156 Å². The smallest absolute Gasteiger partial charge is 0.419 e. The van der Waals surface area contributed by atoms with Crippen molar-refractivity contribution in [3.63, 3.8) is 0 Å². The van der Waals surface area contributed by atoms with Gasteiger partial charge in [-0.05, 0) is 150 Å². The van der Waals surface area contributed by atoms with E-state index in [1.165, 1.54) is 123 Å². The van der Waals surface area contributed by atoms with E-state index in [0.29, 0.717) is 35.0 Å². The molecule has 0 unspecified atom stereocenters. The van der Waals surface area contributed by atoms with Crippen LogP contribution >= 0.6 is 46.7 Å². The molecular weight excluding hydrogens is 1180 g/mol. The van der Waals surface area contributed by atoms with Gasteiger partial charge in [0.25, 0.3) is 0 Å². The zero-order valence-electron chi connectivity index (χ0n) is 46.1. The van der Waals surface area contributed by atoms with E-state index in [0.717, 1.165) is 21.5 Å². The van der Waals surface area contributed by atoms with Gasteiger partial charge in [0.15, 0.2) is 21.1 Å². The minimum Gasteiger partial charge on any atom is -0.497 e. The third-order valence-corrected chi connectivity index (χ3v) is 17.9. The van der Waals surface area contributed by atoms with Crippen LogP contribution in [0.1, 0.15) is 96.7 Å². The molecule has 0 fully saturated rings. The van der Waals surface area contributed by atoms with E-state index in [2.05, 4.69) is 0 Å². The predicted molar refractivity (Wildman–Crippen MR) is 309 cm³/mol. The van der Waals surface area contributed by atoms with E-state index < -0.39 is 92.0 Å². The summed E-state index contributed by atoms with van der Waals surface area (Å²) < 4.78 is 112. The van der Waals surface area contributed by atoms with Crippen LogP contribution in [0.15, 0.2) is 156 Å². The minimum absolute atomic E-state index is 0.00250. The molecule has 0 saturated carbocycles. The molecule has 22 heteroatoms. The maximum Gasteiger partial charge on any atom is 0.419 e. The third-order valence-electron chi connectivity index (χ3n) is 14.2. The van der Waals surface area contributed by atoms with E-state index in [1.807, 2.05) is 0 Å². The lowest BCUT2D eigenvalue weighted by molar-refractivity contribution is -0.181. The number of ketones is 2. The van der Waals surface area contributed by atoms with Crippen LogP contribution in [0, 0.1) is 11.8 Å². The molecule has 0 radical (unpaired) electrons. The molecule has 440 valence electrons. The summed E-state index contributed by atoms with van der Waals surface area (Å²) in [6.45, 7) is 9.83. The monoisotopic (exact) mass is 1230 g/mol. The number of methoxy groups -OCH3 is 2. The van der Waals surface area contributed by atoms with Gasteiger partial charge in [-0.25, -0.2) is 9.59 Å². The average molecular weight is 1240 g/mol. The molecule has 2 aliphatic rings. The number of rotatable bonds is 8. The molecule has 2 aliphatic heterocycles. The highest BCUT2D eigenvalue weighted by atomic mass is 35.5. The number of ether oxygens (including phenoxy) is 4. The number of carbonyl (C=O) groups excluding carboxylic acids is 4. The summed E-state index contributed by atoms with van der Waals surface area (Å²) in [5.41, 5.74) is -2.15. The number of nitrogens with zero attached hydrogens (tertiary/aromatic N) is 2. The fourth-order valence-corrected chi connectivity index (χ4v) is 14.0. The van der Waals surface area contributed by atoms with Gasteiger partial charge in [-0.2, -0.15) is 26.3 Å². The van der Waals surface area contributed by atoms with Gasteiger partial charge in [-0.3, -0.25) is 18.7 Å². The predicted octanol–water partition coefficient (Wildman–Crippen LogP) is 16.4. The number of alkyl halides is 6. The van der Waals surface area contributed by atoms with Crippen molar-refractivity contribution in [2.45, 2.75) is 96.6 Å². The number of hydrogen-bond donors (Lipinski definition) is 2. The van der Waals surface area contributed by atoms with E-state index in [9.17, 15) is 29.4 Å². The van der Waals surface area contributed by atoms with E-state index in [-0.39, 0.29) is 63.9 Å². The van der Waals surface area contributed by atoms with Crippen molar-refractivity contribution in [1.29, 1.82) is 0 Å². The summed E-state index contributed by atoms with van der Waals surface area (Å²) in [5.74, 6) is -5.11. The van der Waals surface area contributed by atoms with Crippen LogP contribution in [-0.4, -0.2) is 80.9 Å². The van der Waals surface area contributed by atoms with Crippen LogP contribution in [0.4, 0.5) is 35.9 Å². The van der Waals surface area contributed by atoms with Gasteiger partial charge in [0, 0.05) is 65.3 Å². The second kappa shape index (κ2) is 22.8. The van der Waals surface area contributed by atoms with Crippen molar-refractivity contribution in [3.8, 4) is 11.5 Å². The van der Waals surface area contributed by atoms with Crippen molar-refractivity contribution < 1.29 is 74.7 Å². The van der Waals surface area contributed by atoms with E-state index >= 15 is 26.3 Å². The Hall–Kier alpha value is -6.94. The average Bonchev–Trinajstić information content (AvgIpc) is 1.29. The Morgan fingerprint density at radius 3 is 1.15 bits per heavy atom. The molecule has 0 bridgehead atoms. The molecule has 6 aromatic carbocycles. The first-order chi connectivity index (χ1) is 39.3. The van der Waals surface area contributed by atoms with Crippen molar-refractivity contribution in [2.75, 3.05) is 14.2 Å². The van der Waals surface area contributed by atoms with Crippen LogP contribution in [-0.2, 0) is 19.0 Å². The SMILES string of the molecule is COc1ccc(C(=O)[C@@H]2[C@@H](O)c3ccccc3S[C@@]2(c2cn(C(=O)OC(C)(C)C)c3ccc(Cl)cc23)C(F)(F)F)cc1.COc1ccc(C(=O)[C@@H]2[C@@H](O)c3ccccc3S[C@@]2(c2cn(C(=O)OC(C)(C)C)c3ccc(Cl)cc23)C(F)(F)F)cc1. The largest absolute Gasteiger partial charge is 0.497 e. The lowest BCUT2D eigenvalue weighted by Crippen LogP contribution is -2.53. The Kier molecular flexibility index (Phi) is 16.7. The highest BCUT2D eigenvalue weighted by Crippen LogP contribution is 2.67. The molecule has 10 rings (SSSR count). The molecule has 2 N–H and O–H groups in total. The van der Waals surface area contributed by atoms with Crippen LogP contribution < -0.4 is 9.47 Å². The minimum atomic E-state index is -5.10.